The number of piperazine rings is 1. The van der Waals surface area contributed by atoms with Gasteiger partial charge in [-0.3, -0.25) is 4.98 Å². The molecule has 1 N–H and O–H groups in total. The van der Waals surface area contributed by atoms with Crippen LogP contribution in [0.4, 0.5) is 10.5 Å². The first-order valence-corrected chi connectivity index (χ1v) is 8.44. The Morgan fingerprint density at radius 3 is 2.57 bits per heavy atom. The van der Waals surface area contributed by atoms with Crippen LogP contribution in [0, 0.1) is 0 Å². The van der Waals surface area contributed by atoms with Gasteiger partial charge in [-0.1, -0.05) is 28.1 Å². The van der Waals surface area contributed by atoms with Crippen molar-refractivity contribution in [1.82, 2.24) is 15.2 Å². The fourth-order valence-corrected chi connectivity index (χ4v) is 3.11. The zero-order chi connectivity index (χ0) is 16.1. The molecule has 2 amide bonds. The van der Waals surface area contributed by atoms with E-state index in [2.05, 4.69) is 31.1 Å². The van der Waals surface area contributed by atoms with Crippen LogP contribution in [-0.2, 0) is 6.54 Å². The van der Waals surface area contributed by atoms with Crippen molar-refractivity contribution >= 4 is 27.6 Å². The molecule has 0 saturated carbocycles. The van der Waals surface area contributed by atoms with E-state index in [4.69, 9.17) is 0 Å². The van der Waals surface area contributed by atoms with Crippen LogP contribution in [0.15, 0.2) is 53.3 Å². The monoisotopic (exact) mass is 374 g/mol. The Bertz CT molecular complexity index is 657. The van der Waals surface area contributed by atoms with Crippen molar-refractivity contribution in [2.75, 3.05) is 31.1 Å². The van der Waals surface area contributed by atoms with Crippen molar-refractivity contribution in [2.24, 2.45) is 0 Å². The first-order chi connectivity index (χ1) is 11.2. The highest BCUT2D eigenvalue weighted by atomic mass is 79.9. The molecule has 0 aliphatic carbocycles. The quantitative estimate of drug-likeness (QED) is 0.898. The summed E-state index contributed by atoms with van der Waals surface area (Å²) in [5.41, 5.74) is 2.25. The summed E-state index contributed by atoms with van der Waals surface area (Å²) in [6.07, 6.45) is 3.60. The molecule has 2 heterocycles. The smallest absolute Gasteiger partial charge is 0.317 e. The highest BCUT2D eigenvalue weighted by Crippen LogP contribution is 2.15. The van der Waals surface area contributed by atoms with Crippen LogP contribution < -0.4 is 10.2 Å². The van der Waals surface area contributed by atoms with Crippen molar-refractivity contribution in [3.63, 3.8) is 0 Å². The zero-order valence-corrected chi connectivity index (χ0v) is 14.4. The van der Waals surface area contributed by atoms with E-state index in [9.17, 15) is 4.79 Å². The maximum absolute atomic E-state index is 12.3. The van der Waals surface area contributed by atoms with Crippen LogP contribution in [-0.4, -0.2) is 42.1 Å². The summed E-state index contributed by atoms with van der Waals surface area (Å²) in [7, 11) is 0. The average Bonchev–Trinajstić information content (AvgIpc) is 2.61. The lowest BCUT2D eigenvalue weighted by atomic mass is 10.2. The van der Waals surface area contributed by atoms with E-state index in [0.29, 0.717) is 6.54 Å². The van der Waals surface area contributed by atoms with Crippen LogP contribution >= 0.6 is 15.9 Å². The van der Waals surface area contributed by atoms with E-state index < -0.39 is 0 Å². The van der Waals surface area contributed by atoms with E-state index >= 15 is 0 Å². The molecular weight excluding hydrogens is 356 g/mol. The Balaban J connectivity index is 1.48. The van der Waals surface area contributed by atoms with Gasteiger partial charge < -0.3 is 15.1 Å². The molecule has 0 unspecified atom stereocenters. The minimum atomic E-state index is -0.000598. The Labute approximate surface area is 144 Å². The number of benzene rings is 1. The molecule has 1 saturated heterocycles. The van der Waals surface area contributed by atoms with Gasteiger partial charge in [0, 0.05) is 55.3 Å². The molecule has 3 rings (SSSR count). The number of halogens is 1. The Kier molecular flexibility index (Phi) is 5.12. The predicted octanol–water partition coefficient (Wildman–Crippen LogP) is 2.88. The molecule has 120 valence electrons. The second-order valence-electron chi connectivity index (χ2n) is 5.47. The third kappa shape index (κ3) is 4.22. The molecule has 0 bridgehead atoms. The third-order valence-electron chi connectivity index (χ3n) is 3.93. The number of anilines is 1. The standard InChI is InChI=1S/C17H19BrN4O/c18-15-3-1-2-14(12-15)13-20-17(23)22-10-8-21(9-11-22)16-4-6-19-7-5-16/h1-7,12H,8-11,13H2,(H,20,23). The molecule has 5 nitrogen and oxygen atoms in total. The third-order valence-corrected chi connectivity index (χ3v) is 4.42. The van der Waals surface area contributed by atoms with E-state index in [1.54, 1.807) is 12.4 Å². The highest BCUT2D eigenvalue weighted by molar-refractivity contribution is 9.10. The molecule has 0 atom stereocenters. The molecule has 1 aliphatic rings. The van der Waals surface area contributed by atoms with Crippen LogP contribution in [0.5, 0.6) is 0 Å². The van der Waals surface area contributed by atoms with Gasteiger partial charge in [-0.15, -0.1) is 0 Å². The lowest BCUT2D eigenvalue weighted by molar-refractivity contribution is 0.194. The fourth-order valence-electron chi connectivity index (χ4n) is 2.66. The topological polar surface area (TPSA) is 48.5 Å². The summed E-state index contributed by atoms with van der Waals surface area (Å²) >= 11 is 3.44. The fraction of sp³-hybridized carbons (Fsp3) is 0.294. The first-order valence-electron chi connectivity index (χ1n) is 7.64. The van der Waals surface area contributed by atoms with Crippen LogP contribution in [0.3, 0.4) is 0 Å². The molecule has 1 aliphatic heterocycles. The molecule has 2 aromatic rings. The molecule has 1 fully saturated rings. The van der Waals surface area contributed by atoms with Crippen molar-refractivity contribution in [2.45, 2.75) is 6.54 Å². The number of carbonyl (C=O) groups is 1. The second kappa shape index (κ2) is 7.46. The van der Waals surface area contributed by atoms with E-state index in [1.807, 2.05) is 41.3 Å². The van der Waals surface area contributed by atoms with Crippen LogP contribution in [0.1, 0.15) is 5.56 Å². The van der Waals surface area contributed by atoms with Gasteiger partial charge in [-0.05, 0) is 29.8 Å². The number of pyridine rings is 1. The van der Waals surface area contributed by atoms with Gasteiger partial charge in [0.25, 0.3) is 0 Å². The Hall–Kier alpha value is -2.08. The summed E-state index contributed by atoms with van der Waals surface area (Å²) in [4.78, 5) is 20.5. The number of aromatic nitrogens is 1. The van der Waals surface area contributed by atoms with Gasteiger partial charge in [-0.2, -0.15) is 0 Å². The highest BCUT2D eigenvalue weighted by Gasteiger charge is 2.20. The van der Waals surface area contributed by atoms with Crippen molar-refractivity contribution < 1.29 is 4.79 Å². The summed E-state index contributed by atoms with van der Waals surface area (Å²) < 4.78 is 1.02. The molecule has 6 heteroatoms. The minimum absolute atomic E-state index is 0.000598. The summed E-state index contributed by atoms with van der Waals surface area (Å²) in [5.74, 6) is 0. The van der Waals surface area contributed by atoms with E-state index in [-0.39, 0.29) is 6.03 Å². The maximum Gasteiger partial charge on any atom is 0.317 e. The first kappa shape index (κ1) is 15.8. The van der Waals surface area contributed by atoms with E-state index in [0.717, 1.165) is 41.9 Å². The number of nitrogens with zero attached hydrogens (tertiary/aromatic N) is 3. The zero-order valence-electron chi connectivity index (χ0n) is 12.8. The van der Waals surface area contributed by atoms with Gasteiger partial charge >= 0.3 is 6.03 Å². The Morgan fingerprint density at radius 2 is 1.87 bits per heavy atom. The summed E-state index contributed by atoms with van der Waals surface area (Å²) in [6.45, 7) is 3.69. The normalized spacial score (nSPS) is 14.7. The summed E-state index contributed by atoms with van der Waals surface area (Å²) in [5, 5.41) is 2.99. The lowest BCUT2D eigenvalue weighted by Crippen LogP contribution is -2.51. The largest absolute Gasteiger partial charge is 0.368 e. The Morgan fingerprint density at radius 1 is 1.13 bits per heavy atom. The lowest BCUT2D eigenvalue weighted by Gasteiger charge is -2.36. The number of urea groups is 1. The van der Waals surface area contributed by atoms with Gasteiger partial charge in [0.05, 0.1) is 0 Å². The molecule has 0 radical (unpaired) electrons. The van der Waals surface area contributed by atoms with Gasteiger partial charge in [0.15, 0.2) is 0 Å². The molecule has 1 aromatic carbocycles. The maximum atomic E-state index is 12.3. The van der Waals surface area contributed by atoms with Crippen molar-refractivity contribution in [3.8, 4) is 0 Å². The molecular formula is C17H19BrN4O. The number of carbonyl (C=O) groups excluding carboxylic acids is 1. The van der Waals surface area contributed by atoms with Crippen molar-refractivity contribution in [1.29, 1.82) is 0 Å². The number of amides is 2. The van der Waals surface area contributed by atoms with Gasteiger partial charge in [0.1, 0.15) is 0 Å². The number of rotatable bonds is 3. The van der Waals surface area contributed by atoms with E-state index in [1.165, 1.54) is 0 Å². The van der Waals surface area contributed by atoms with Crippen molar-refractivity contribution in [3.05, 3.63) is 58.8 Å². The molecule has 1 aromatic heterocycles. The SMILES string of the molecule is O=C(NCc1cccc(Br)c1)N1CCN(c2ccncc2)CC1. The molecule has 23 heavy (non-hydrogen) atoms. The van der Waals surface area contributed by atoms with Crippen LogP contribution in [0.25, 0.3) is 0 Å². The average molecular weight is 375 g/mol. The van der Waals surface area contributed by atoms with Crippen LogP contribution in [0.2, 0.25) is 0 Å². The molecule has 0 spiro atoms. The second-order valence-corrected chi connectivity index (χ2v) is 6.38. The number of hydrogen-bond acceptors (Lipinski definition) is 3. The van der Waals surface area contributed by atoms with Gasteiger partial charge in [0.2, 0.25) is 0 Å². The number of nitrogens with one attached hydrogen (secondary N) is 1. The predicted molar refractivity (Wildman–Crippen MR) is 94.4 cm³/mol. The van der Waals surface area contributed by atoms with Gasteiger partial charge in [-0.25, -0.2) is 4.79 Å². The summed E-state index contributed by atoms with van der Waals surface area (Å²) in [6, 6.07) is 12.0. The minimum Gasteiger partial charge on any atom is -0.368 e. The number of hydrogen-bond donors (Lipinski definition) is 1.